The Hall–Kier alpha value is -1.34. The van der Waals surface area contributed by atoms with Gasteiger partial charge in [-0.1, -0.05) is 0 Å². The first-order chi connectivity index (χ1) is 6.97. The summed E-state index contributed by atoms with van der Waals surface area (Å²) in [5.41, 5.74) is 0. The van der Waals surface area contributed by atoms with Crippen molar-refractivity contribution in [3.8, 4) is 0 Å². The standard InChI is InChI=1S/C8H10N2O4S/c9-15(12,13)7-4-3-6(14-7)8(11)10-5-1-2-5/h3-5H,1-2H2,(H,10,11)(H2,9,12,13). The zero-order valence-electron chi connectivity index (χ0n) is 7.76. The number of primary sulfonamides is 1. The quantitative estimate of drug-likeness (QED) is 0.751. The molecule has 6 nitrogen and oxygen atoms in total. The average Bonchev–Trinajstić information content (AvgIpc) is 2.80. The van der Waals surface area contributed by atoms with E-state index in [-0.39, 0.29) is 11.8 Å². The summed E-state index contributed by atoms with van der Waals surface area (Å²) >= 11 is 0. The number of carbonyl (C=O) groups excluding carboxylic acids is 1. The van der Waals surface area contributed by atoms with E-state index in [0.29, 0.717) is 0 Å². The molecule has 1 aromatic heterocycles. The Bertz CT molecular complexity index is 486. The first-order valence-electron chi connectivity index (χ1n) is 4.40. The van der Waals surface area contributed by atoms with E-state index in [2.05, 4.69) is 5.32 Å². The van der Waals surface area contributed by atoms with E-state index in [0.717, 1.165) is 18.9 Å². The molecule has 7 heteroatoms. The SMILES string of the molecule is NS(=O)(=O)c1ccc(C(=O)NC2CC2)o1. The smallest absolute Gasteiger partial charge is 0.287 e. The van der Waals surface area contributed by atoms with Crippen LogP contribution in [-0.2, 0) is 10.0 Å². The lowest BCUT2D eigenvalue weighted by Gasteiger charge is -1.98. The largest absolute Gasteiger partial charge is 0.438 e. The summed E-state index contributed by atoms with van der Waals surface area (Å²) in [5, 5.41) is 7.10. The van der Waals surface area contributed by atoms with Crippen LogP contribution in [0.4, 0.5) is 0 Å². The van der Waals surface area contributed by atoms with Gasteiger partial charge in [0.25, 0.3) is 15.9 Å². The van der Waals surface area contributed by atoms with Crippen molar-refractivity contribution in [2.45, 2.75) is 24.0 Å². The maximum Gasteiger partial charge on any atom is 0.287 e. The van der Waals surface area contributed by atoms with Crippen LogP contribution in [0, 0.1) is 0 Å². The third-order valence-electron chi connectivity index (χ3n) is 2.00. The molecule has 0 spiro atoms. The highest BCUT2D eigenvalue weighted by Crippen LogP contribution is 2.20. The zero-order chi connectivity index (χ0) is 11.1. The number of rotatable bonds is 3. The molecule has 1 aromatic rings. The van der Waals surface area contributed by atoms with Crippen LogP contribution in [0.2, 0.25) is 0 Å². The van der Waals surface area contributed by atoms with Crippen LogP contribution in [0.25, 0.3) is 0 Å². The second kappa shape index (κ2) is 3.35. The van der Waals surface area contributed by atoms with Gasteiger partial charge >= 0.3 is 0 Å². The second-order valence-electron chi connectivity index (χ2n) is 3.41. The zero-order valence-corrected chi connectivity index (χ0v) is 8.58. The summed E-state index contributed by atoms with van der Waals surface area (Å²) in [7, 11) is -3.88. The van der Waals surface area contributed by atoms with Crippen LogP contribution < -0.4 is 10.5 Å². The Morgan fingerprint density at radius 1 is 1.47 bits per heavy atom. The molecule has 1 aliphatic carbocycles. The fourth-order valence-corrected chi connectivity index (χ4v) is 1.54. The Balaban J connectivity index is 2.15. The van der Waals surface area contributed by atoms with Gasteiger partial charge < -0.3 is 9.73 Å². The van der Waals surface area contributed by atoms with Crippen LogP contribution >= 0.6 is 0 Å². The summed E-state index contributed by atoms with van der Waals surface area (Å²) < 4.78 is 26.5. The third kappa shape index (κ3) is 2.37. The molecule has 82 valence electrons. The summed E-state index contributed by atoms with van der Waals surface area (Å²) in [6.45, 7) is 0. The number of nitrogens with one attached hydrogen (secondary N) is 1. The van der Waals surface area contributed by atoms with Gasteiger partial charge in [0.05, 0.1) is 0 Å². The highest BCUT2D eigenvalue weighted by atomic mass is 32.2. The number of carbonyl (C=O) groups is 1. The average molecular weight is 230 g/mol. The number of hydrogen-bond acceptors (Lipinski definition) is 4. The van der Waals surface area contributed by atoms with Gasteiger partial charge in [-0.05, 0) is 25.0 Å². The topological polar surface area (TPSA) is 102 Å². The van der Waals surface area contributed by atoms with Gasteiger partial charge in [0.1, 0.15) is 0 Å². The van der Waals surface area contributed by atoms with E-state index in [4.69, 9.17) is 9.56 Å². The highest BCUT2D eigenvalue weighted by Gasteiger charge is 2.25. The molecule has 0 saturated heterocycles. The molecule has 2 rings (SSSR count). The van der Waals surface area contributed by atoms with Gasteiger partial charge in [0, 0.05) is 6.04 Å². The van der Waals surface area contributed by atoms with E-state index in [1.807, 2.05) is 0 Å². The molecular formula is C8H10N2O4S. The van der Waals surface area contributed by atoms with E-state index in [1.165, 1.54) is 6.07 Å². The Kier molecular flexibility index (Phi) is 2.28. The van der Waals surface area contributed by atoms with Crippen molar-refractivity contribution in [1.29, 1.82) is 0 Å². The van der Waals surface area contributed by atoms with Crippen LogP contribution in [-0.4, -0.2) is 20.4 Å². The van der Waals surface area contributed by atoms with Gasteiger partial charge in [-0.3, -0.25) is 4.79 Å². The van der Waals surface area contributed by atoms with Crippen molar-refractivity contribution >= 4 is 15.9 Å². The number of sulfonamides is 1. The second-order valence-corrected chi connectivity index (χ2v) is 4.90. The van der Waals surface area contributed by atoms with Gasteiger partial charge in [-0.15, -0.1) is 0 Å². The minimum atomic E-state index is -3.88. The van der Waals surface area contributed by atoms with Gasteiger partial charge in [-0.2, -0.15) is 0 Å². The van der Waals surface area contributed by atoms with E-state index >= 15 is 0 Å². The summed E-state index contributed by atoms with van der Waals surface area (Å²) in [6.07, 6.45) is 1.91. The van der Waals surface area contributed by atoms with Crippen LogP contribution in [0.15, 0.2) is 21.6 Å². The number of furan rings is 1. The normalized spacial score (nSPS) is 16.3. The van der Waals surface area contributed by atoms with Gasteiger partial charge in [-0.25, -0.2) is 13.6 Å². The fourth-order valence-electron chi connectivity index (χ4n) is 1.08. The summed E-state index contributed by atoms with van der Waals surface area (Å²) in [5.74, 6) is -0.446. The van der Waals surface area contributed by atoms with Gasteiger partial charge in [0.15, 0.2) is 5.76 Å². The maximum absolute atomic E-state index is 11.4. The summed E-state index contributed by atoms with van der Waals surface area (Å²) in [4.78, 5) is 11.4. The highest BCUT2D eigenvalue weighted by molar-refractivity contribution is 7.89. The molecule has 0 atom stereocenters. The minimum absolute atomic E-state index is 0.0362. The van der Waals surface area contributed by atoms with Gasteiger partial charge in [0.2, 0.25) is 5.09 Å². The monoisotopic (exact) mass is 230 g/mol. The first-order valence-corrected chi connectivity index (χ1v) is 5.95. The number of amides is 1. The Morgan fingerprint density at radius 3 is 2.60 bits per heavy atom. The Morgan fingerprint density at radius 2 is 2.13 bits per heavy atom. The van der Waals surface area contributed by atoms with Crippen molar-refractivity contribution in [1.82, 2.24) is 5.32 Å². The summed E-state index contributed by atoms with van der Waals surface area (Å²) in [6, 6.07) is 2.65. The molecule has 1 aliphatic rings. The van der Waals surface area contributed by atoms with Crippen molar-refractivity contribution in [2.75, 3.05) is 0 Å². The maximum atomic E-state index is 11.4. The van der Waals surface area contributed by atoms with Crippen molar-refractivity contribution in [3.63, 3.8) is 0 Å². The fraction of sp³-hybridized carbons (Fsp3) is 0.375. The lowest BCUT2D eigenvalue weighted by molar-refractivity contribution is 0.0918. The Labute approximate surface area is 86.5 Å². The van der Waals surface area contributed by atoms with E-state index in [1.54, 1.807) is 0 Å². The molecular weight excluding hydrogens is 220 g/mol. The van der Waals surface area contributed by atoms with Crippen LogP contribution in [0.1, 0.15) is 23.4 Å². The predicted octanol–water partition coefficient (Wildman–Crippen LogP) is -0.181. The molecule has 1 saturated carbocycles. The van der Waals surface area contributed by atoms with Crippen molar-refractivity contribution in [3.05, 3.63) is 17.9 Å². The number of hydrogen-bond donors (Lipinski definition) is 2. The molecule has 0 unspecified atom stereocenters. The van der Waals surface area contributed by atoms with Crippen LogP contribution in [0.5, 0.6) is 0 Å². The molecule has 1 fully saturated rings. The van der Waals surface area contributed by atoms with E-state index in [9.17, 15) is 13.2 Å². The minimum Gasteiger partial charge on any atom is -0.438 e. The van der Waals surface area contributed by atoms with Crippen molar-refractivity contribution < 1.29 is 17.6 Å². The molecule has 3 N–H and O–H groups in total. The third-order valence-corrected chi connectivity index (χ3v) is 2.78. The predicted molar refractivity (Wildman–Crippen MR) is 50.6 cm³/mol. The first kappa shape index (κ1) is 10.2. The molecule has 15 heavy (non-hydrogen) atoms. The van der Waals surface area contributed by atoms with E-state index < -0.39 is 21.0 Å². The molecule has 1 heterocycles. The number of nitrogens with two attached hydrogens (primary N) is 1. The molecule has 0 radical (unpaired) electrons. The lowest BCUT2D eigenvalue weighted by atomic mass is 10.4. The molecule has 0 aliphatic heterocycles. The lowest BCUT2D eigenvalue weighted by Crippen LogP contribution is -2.24. The van der Waals surface area contributed by atoms with Crippen LogP contribution in [0.3, 0.4) is 0 Å². The molecule has 1 amide bonds. The van der Waals surface area contributed by atoms with Crippen molar-refractivity contribution in [2.24, 2.45) is 5.14 Å². The molecule has 0 aromatic carbocycles. The molecule has 0 bridgehead atoms.